The second-order valence-electron chi connectivity index (χ2n) is 4.94. The van der Waals surface area contributed by atoms with Crippen LogP contribution in [0.25, 0.3) is 0 Å². The second kappa shape index (κ2) is 7.43. The predicted octanol–water partition coefficient (Wildman–Crippen LogP) is 1.96. The van der Waals surface area contributed by atoms with Gasteiger partial charge < -0.3 is 1.43 Å². The number of hydrogen-bond acceptors (Lipinski definition) is 2. The van der Waals surface area contributed by atoms with Crippen LogP contribution in [0.5, 0.6) is 0 Å². The average molecular weight is 508 g/mol. The van der Waals surface area contributed by atoms with Crippen LogP contribution in [0.1, 0.15) is 1.43 Å². The van der Waals surface area contributed by atoms with Crippen LogP contribution in [-0.4, -0.2) is 59.9 Å². The maximum absolute atomic E-state index is 13.0. The quantitative estimate of drug-likeness (QED) is 0.325. The van der Waals surface area contributed by atoms with Crippen molar-refractivity contribution >= 4 is 10.1 Å². The van der Waals surface area contributed by atoms with Crippen molar-refractivity contribution in [3.63, 3.8) is 0 Å². The predicted molar refractivity (Wildman–Crippen MR) is 53.3 cm³/mol. The van der Waals surface area contributed by atoms with Crippen LogP contribution < -0.4 is 18.9 Å². The van der Waals surface area contributed by atoms with Gasteiger partial charge >= 0.3 is 75.9 Å². The molecule has 0 radical (unpaired) electrons. The first-order valence-corrected chi connectivity index (χ1v) is 7.12. The largest absolute Gasteiger partial charge is 1.00 e. The molecule has 0 aliphatic heterocycles. The molecule has 1 N–H and O–H groups in total. The van der Waals surface area contributed by atoms with Gasteiger partial charge in [0.05, 0.1) is 0 Å². The SMILES string of the molecule is O=S(=O)(O)C(F)(F)C(F)(F)C(F)(F)C(F)(F)C(F)(F)C(F)(F)C(F)(F)C(F)(F)F.[H-].[Li+]. The van der Waals surface area contributed by atoms with E-state index >= 15 is 0 Å². The summed E-state index contributed by atoms with van der Waals surface area (Å²) in [5, 5.41) is -7.84. The summed E-state index contributed by atoms with van der Waals surface area (Å²) < 4.78 is 242. The molecule has 22 heteroatoms. The van der Waals surface area contributed by atoms with E-state index in [0.717, 1.165) is 0 Å². The van der Waals surface area contributed by atoms with Crippen molar-refractivity contribution in [2.75, 3.05) is 0 Å². The molecule has 0 unspecified atom stereocenters. The summed E-state index contributed by atoms with van der Waals surface area (Å²) in [6, 6.07) is 0. The third-order valence-electron chi connectivity index (χ3n) is 3.02. The van der Waals surface area contributed by atoms with E-state index in [1.54, 1.807) is 0 Å². The third-order valence-corrected chi connectivity index (χ3v) is 3.92. The molecule has 0 aromatic heterocycles. The zero-order chi connectivity index (χ0) is 24.5. The summed E-state index contributed by atoms with van der Waals surface area (Å²) in [7, 11) is -7.89. The summed E-state index contributed by atoms with van der Waals surface area (Å²) in [5.41, 5.74) is 0. The van der Waals surface area contributed by atoms with E-state index in [4.69, 9.17) is 4.55 Å². The van der Waals surface area contributed by atoms with Gasteiger partial charge in [0.25, 0.3) is 0 Å². The summed E-state index contributed by atoms with van der Waals surface area (Å²) in [6.45, 7) is 0. The number of alkyl halides is 17. The molecule has 0 saturated heterocycles. The minimum absolute atomic E-state index is 0. The molecule has 0 aromatic rings. The Morgan fingerprint density at radius 3 is 0.867 bits per heavy atom. The fraction of sp³-hybridized carbons (Fsp3) is 1.00. The summed E-state index contributed by atoms with van der Waals surface area (Å²) in [6.07, 6.45) is -7.88. The van der Waals surface area contributed by atoms with Gasteiger partial charge in [-0.05, 0) is 0 Å². The standard InChI is InChI=1S/C8HF17O3S.Li.H/c9-1(10,3(13,14)5(17,18)7(21,22)23)2(11,12)4(15,16)6(19,20)8(24,25)29(26,27)28;;/h(H,26,27,28);;/q;+1;-1. The Morgan fingerprint density at radius 2 is 0.667 bits per heavy atom. The summed E-state index contributed by atoms with van der Waals surface area (Å²) in [5.74, 6) is -52.0. The van der Waals surface area contributed by atoms with Crippen LogP contribution in [0.15, 0.2) is 0 Å². The van der Waals surface area contributed by atoms with Crippen molar-refractivity contribution in [2.45, 2.75) is 47.0 Å². The smallest absolute Gasteiger partial charge is 1.00 e. The van der Waals surface area contributed by atoms with Gasteiger partial charge in [-0.2, -0.15) is 83.1 Å². The molecule has 0 aromatic carbocycles. The van der Waals surface area contributed by atoms with Gasteiger partial charge in [0.15, 0.2) is 0 Å². The molecule has 0 rings (SSSR count). The van der Waals surface area contributed by atoms with Crippen LogP contribution in [0.2, 0.25) is 0 Å². The topological polar surface area (TPSA) is 54.4 Å². The molecular weight excluding hydrogens is 506 g/mol. The van der Waals surface area contributed by atoms with E-state index in [9.17, 15) is 83.1 Å². The summed E-state index contributed by atoms with van der Waals surface area (Å²) in [4.78, 5) is 0. The average Bonchev–Trinajstić information content (AvgIpc) is 2.43. The Hall–Kier alpha value is -0.683. The molecule has 0 saturated carbocycles. The number of hydrogen-bond donors (Lipinski definition) is 1. The Bertz CT molecular complexity index is 745. The fourth-order valence-corrected chi connectivity index (χ4v) is 1.76. The van der Waals surface area contributed by atoms with Crippen LogP contribution in [-0.2, 0) is 10.1 Å². The molecule has 0 heterocycles. The molecule has 0 spiro atoms. The van der Waals surface area contributed by atoms with Gasteiger partial charge in [0.1, 0.15) is 0 Å². The number of halogens is 17. The van der Waals surface area contributed by atoms with Crippen molar-refractivity contribution in [2.24, 2.45) is 0 Å². The Morgan fingerprint density at radius 1 is 0.467 bits per heavy atom. The van der Waals surface area contributed by atoms with E-state index in [2.05, 4.69) is 0 Å². The van der Waals surface area contributed by atoms with E-state index in [1.165, 1.54) is 0 Å². The van der Waals surface area contributed by atoms with E-state index in [-0.39, 0.29) is 20.3 Å². The van der Waals surface area contributed by atoms with Gasteiger partial charge in [-0.25, -0.2) is 0 Å². The molecule has 0 bridgehead atoms. The molecule has 0 amide bonds. The van der Waals surface area contributed by atoms with Crippen LogP contribution in [0.4, 0.5) is 74.6 Å². The van der Waals surface area contributed by atoms with Crippen molar-refractivity contribution in [1.82, 2.24) is 0 Å². The first-order chi connectivity index (χ1) is 12.0. The van der Waals surface area contributed by atoms with Crippen LogP contribution in [0.3, 0.4) is 0 Å². The van der Waals surface area contributed by atoms with Crippen LogP contribution in [0, 0.1) is 0 Å². The molecular formula is C8H2F17LiO3S. The maximum atomic E-state index is 13.0. The number of rotatable bonds is 7. The van der Waals surface area contributed by atoms with E-state index in [0.29, 0.717) is 0 Å². The molecule has 0 aliphatic carbocycles. The van der Waals surface area contributed by atoms with Gasteiger partial charge in [0.2, 0.25) is 0 Å². The van der Waals surface area contributed by atoms with E-state index in [1.807, 2.05) is 0 Å². The Balaban J connectivity index is -0.00000392. The monoisotopic (exact) mass is 508 g/mol. The zero-order valence-electron chi connectivity index (χ0n) is 14.1. The Labute approximate surface area is 166 Å². The van der Waals surface area contributed by atoms with E-state index < -0.39 is 57.1 Å². The van der Waals surface area contributed by atoms with Crippen molar-refractivity contribution < 1.29 is 108 Å². The molecule has 30 heavy (non-hydrogen) atoms. The summed E-state index contributed by atoms with van der Waals surface area (Å²) >= 11 is 0. The normalized spacial score (nSPS) is 16.3. The molecule has 178 valence electrons. The third kappa shape index (κ3) is 3.72. The van der Waals surface area contributed by atoms with Crippen molar-refractivity contribution in [1.29, 1.82) is 0 Å². The van der Waals surface area contributed by atoms with Gasteiger partial charge in [-0.1, -0.05) is 0 Å². The first-order valence-electron chi connectivity index (χ1n) is 5.68. The second-order valence-corrected chi connectivity index (χ2v) is 6.40. The molecule has 3 nitrogen and oxygen atoms in total. The fourth-order valence-electron chi connectivity index (χ4n) is 1.31. The van der Waals surface area contributed by atoms with Crippen molar-refractivity contribution in [3.8, 4) is 0 Å². The molecule has 0 atom stereocenters. The Kier molecular flexibility index (Phi) is 7.81. The first kappa shape index (κ1) is 31.5. The van der Waals surface area contributed by atoms with Crippen LogP contribution >= 0.6 is 0 Å². The minimum atomic E-state index is -8.89. The van der Waals surface area contributed by atoms with Gasteiger partial charge in [-0.15, -0.1) is 0 Å². The minimum Gasteiger partial charge on any atom is -1.00 e. The van der Waals surface area contributed by atoms with Gasteiger partial charge in [0, 0.05) is 0 Å². The zero-order valence-corrected chi connectivity index (χ0v) is 13.9. The van der Waals surface area contributed by atoms with Gasteiger partial charge in [-0.3, -0.25) is 4.55 Å². The molecule has 0 fully saturated rings. The van der Waals surface area contributed by atoms with Crippen molar-refractivity contribution in [3.05, 3.63) is 0 Å². The maximum Gasteiger partial charge on any atom is 1.00 e. The molecule has 0 aliphatic rings.